The summed E-state index contributed by atoms with van der Waals surface area (Å²) in [7, 11) is 0. The minimum absolute atomic E-state index is 0.0471. The Balaban J connectivity index is 1.83. The van der Waals surface area contributed by atoms with Gasteiger partial charge in [-0.25, -0.2) is 4.98 Å². The van der Waals surface area contributed by atoms with Crippen LogP contribution in [0, 0.1) is 5.92 Å². The molecule has 1 aromatic carbocycles. The Morgan fingerprint density at radius 2 is 2.00 bits per heavy atom. The fourth-order valence-electron chi connectivity index (χ4n) is 2.94. The molecular weight excluding hydrogens is 317 g/mol. The van der Waals surface area contributed by atoms with Crippen LogP contribution in [0.1, 0.15) is 25.3 Å². The second-order valence-electron chi connectivity index (χ2n) is 6.10. The van der Waals surface area contributed by atoms with E-state index >= 15 is 0 Å². The van der Waals surface area contributed by atoms with E-state index in [1.807, 2.05) is 0 Å². The molecule has 2 heterocycles. The molecule has 0 aliphatic carbocycles. The summed E-state index contributed by atoms with van der Waals surface area (Å²) in [6, 6.07) is 7.12. The van der Waals surface area contributed by atoms with Gasteiger partial charge in [0.1, 0.15) is 5.82 Å². The van der Waals surface area contributed by atoms with Crippen molar-refractivity contribution in [2.45, 2.75) is 25.9 Å². The molecule has 1 fully saturated rings. The molecule has 7 heteroatoms. The SMILES string of the molecule is CC1CCCN(c2ccnc(Nc3ccccc3C(F)(F)F)n2)C1. The molecule has 0 saturated carbocycles. The molecule has 0 bridgehead atoms. The van der Waals surface area contributed by atoms with Crippen LogP contribution in [0.3, 0.4) is 0 Å². The Kier molecular flexibility index (Phi) is 4.59. The van der Waals surface area contributed by atoms with Gasteiger partial charge in [0.25, 0.3) is 0 Å². The minimum atomic E-state index is -4.43. The number of hydrogen-bond acceptors (Lipinski definition) is 4. The number of benzene rings is 1. The van der Waals surface area contributed by atoms with E-state index in [0.29, 0.717) is 5.92 Å². The Morgan fingerprint density at radius 3 is 2.75 bits per heavy atom. The molecule has 0 spiro atoms. The largest absolute Gasteiger partial charge is 0.418 e. The Labute approximate surface area is 138 Å². The van der Waals surface area contributed by atoms with Gasteiger partial charge in [-0.1, -0.05) is 19.1 Å². The van der Waals surface area contributed by atoms with Gasteiger partial charge in [-0.05, 0) is 37.0 Å². The van der Waals surface area contributed by atoms with Gasteiger partial charge in [0.2, 0.25) is 5.95 Å². The van der Waals surface area contributed by atoms with E-state index in [0.717, 1.165) is 31.4 Å². The highest BCUT2D eigenvalue weighted by molar-refractivity contribution is 5.60. The molecule has 24 heavy (non-hydrogen) atoms. The molecule has 1 unspecified atom stereocenters. The van der Waals surface area contributed by atoms with E-state index in [2.05, 4.69) is 27.1 Å². The second-order valence-corrected chi connectivity index (χ2v) is 6.10. The third-order valence-corrected chi connectivity index (χ3v) is 4.10. The number of para-hydroxylation sites is 1. The number of rotatable bonds is 3. The third-order valence-electron chi connectivity index (χ3n) is 4.10. The number of piperidine rings is 1. The van der Waals surface area contributed by atoms with Crippen molar-refractivity contribution in [3.05, 3.63) is 42.1 Å². The summed E-state index contributed by atoms with van der Waals surface area (Å²) in [4.78, 5) is 10.6. The quantitative estimate of drug-likeness (QED) is 0.897. The molecule has 1 atom stereocenters. The van der Waals surface area contributed by atoms with Crippen molar-refractivity contribution in [1.29, 1.82) is 0 Å². The molecule has 128 valence electrons. The highest BCUT2D eigenvalue weighted by atomic mass is 19.4. The smallest absolute Gasteiger partial charge is 0.356 e. The summed E-state index contributed by atoms with van der Waals surface area (Å²) in [5, 5.41) is 2.70. The molecule has 2 aromatic rings. The van der Waals surface area contributed by atoms with Gasteiger partial charge < -0.3 is 10.2 Å². The van der Waals surface area contributed by atoms with E-state index < -0.39 is 11.7 Å². The van der Waals surface area contributed by atoms with Crippen LogP contribution >= 0.6 is 0 Å². The zero-order chi connectivity index (χ0) is 17.2. The van der Waals surface area contributed by atoms with Crippen LogP contribution in [0.5, 0.6) is 0 Å². The highest BCUT2D eigenvalue weighted by Crippen LogP contribution is 2.35. The van der Waals surface area contributed by atoms with E-state index in [-0.39, 0.29) is 11.6 Å². The molecule has 1 aromatic heterocycles. The van der Waals surface area contributed by atoms with Gasteiger partial charge in [0.05, 0.1) is 11.3 Å². The first kappa shape index (κ1) is 16.5. The molecule has 0 radical (unpaired) electrons. The summed E-state index contributed by atoms with van der Waals surface area (Å²) >= 11 is 0. The van der Waals surface area contributed by atoms with E-state index in [1.54, 1.807) is 18.3 Å². The first-order valence-electron chi connectivity index (χ1n) is 7.95. The summed E-state index contributed by atoms with van der Waals surface area (Å²) in [5.41, 5.74) is -0.778. The molecule has 4 nitrogen and oxygen atoms in total. The lowest BCUT2D eigenvalue weighted by atomic mass is 10.0. The second kappa shape index (κ2) is 6.67. The maximum Gasteiger partial charge on any atom is 0.418 e. The van der Waals surface area contributed by atoms with E-state index in [4.69, 9.17) is 0 Å². The predicted molar refractivity (Wildman–Crippen MR) is 87.4 cm³/mol. The van der Waals surface area contributed by atoms with Gasteiger partial charge in [-0.2, -0.15) is 18.2 Å². The van der Waals surface area contributed by atoms with Crippen LogP contribution in [0.2, 0.25) is 0 Å². The van der Waals surface area contributed by atoms with Crippen LogP contribution in [0.4, 0.5) is 30.6 Å². The fraction of sp³-hybridized carbons (Fsp3) is 0.412. The van der Waals surface area contributed by atoms with Crippen LogP contribution in [-0.2, 0) is 6.18 Å². The van der Waals surface area contributed by atoms with Gasteiger partial charge >= 0.3 is 6.18 Å². The number of nitrogens with one attached hydrogen (secondary N) is 1. The van der Waals surface area contributed by atoms with Crippen molar-refractivity contribution in [2.24, 2.45) is 5.92 Å². The summed E-state index contributed by atoms with van der Waals surface area (Å²) in [6.45, 7) is 3.99. The normalized spacial score (nSPS) is 18.5. The Bertz CT molecular complexity index is 702. The third kappa shape index (κ3) is 3.77. The number of anilines is 3. The first-order chi connectivity index (χ1) is 11.4. The summed E-state index contributed by atoms with van der Waals surface area (Å²) < 4.78 is 39.2. The number of aromatic nitrogens is 2. The average molecular weight is 336 g/mol. The zero-order valence-electron chi connectivity index (χ0n) is 13.3. The van der Waals surface area contributed by atoms with Crippen molar-refractivity contribution in [1.82, 2.24) is 9.97 Å². The number of halogens is 3. The lowest BCUT2D eigenvalue weighted by molar-refractivity contribution is -0.136. The predicted octanol–water partition coefficient (Wildman–Crippen LogP) is 4.48. The van der Waals surface area contributed by atoms with Gasteiger partial charge in [-0.15, -0.1) is 0 Å². The molecule has 1 aliphatic rings. The van der Waals surface area contributed by atoms with Crippen LogP contribution in [0.15, 0.2) is 36.5 Å². The maximum absolute atomic E-state index is 13.1. The van der Waals surface area contributed by atoms with Gasteiger partial charge in [0.15, 0.2) is 0 Å². The highest BCUT2D eigenvalue weighted by Gasteiger charge is 2.33. The number of nitrogens with zero attached hydrogens (tertiary/aromatic N) is 3. The molecular formula is C17H19F3N4. The molecule has 1 aliphatic heterocycles. The lowest BCUT2D eigenvalue weighted by Gasteiger charge is -2.31. The zero-order valence-corrected chi connectivity index (χ0v) is 13.3. The van der Waals surface area contributed by atoms with Crippen LogP contribution in [0.25, 0.3) is 0 Å². The average Bonchev–Trinajstić information content (AvgIpc) is 2.55. The topological polar surface area (TPSA) is 41.1 Å². The van der Waals surface area contributed by atoms with Crippen LogP contribution < -0.4 is 10.2 Å². The van der Waals surface area contributed by atoms with Crippen molar-refractivity contribution in [3.63, 3.8) is 0 Å². The van der Waals surface area contributed by atoms with E-state index in [9.17, 15) is 13.2 Å². The number of hydrogen-bond donors (Lipinski definition) is 1. The Hall–Kier alpha value is -2.31. The van der Waals surface area contributed by atoms with Gasteiger partial charge in [0, 0.05) is 19.3 Å². The number of alkyl halides is 3. The fourth-order valence-corrected chi connectivity index (χ4v) is 2.94. The molecule has 3 rings (SSSR count). The Morgan fingerprint density at radius 1 is 1.21 bits per heavy atom. The monoisotopic (exact) mass is 336 g/mol. The lowest BCUT2D eigenvalue weighted by Crippen LogP contribution is -2.34. The molecule has 1 N–H and O–H groups in total. The van der Waals surface area contributed by atoms with Crippen molar-refractivity contribution in [3.8, 4) is 0 Å². The molecule has 1 saturated heterocycles. The maximum atomic E-state index is 13.1. The van der Waals surface area contributed by atoms with Crippen molar-refractivity contribution in [2.75, 3.05) is 23.3 Å². The summed E-state index contributed by atoms with van der Waals surface area (Å²) in [6.07, 6.45) is -0.583. The van der Waals surface area contributed by atoms with Crippen molar-refractivity contribution < 1.29 is 13.2 Å². The minimum Gasteiger partial charge on any atom is -0.356 e. The summed E-state index contributed by atoms with van der Waals surface area (Å²) in [5.74, 6) is 1.49. The first-order valence-corrected chi connectivity index (χ1v) is 7.95. The van der Waals surface area contributed by atoms with Gasteiger partial charge in [-0.3, -0.25) is 0 Å². The molecule has 0 amide bonds. The van der Waals surface area contributed by atoms with Crippen molar-refractivity contribution >= 4 is 17.5 Å². The van der Waals surface area contributed by atoms with Crippen LogP contribution in [-0.4, -0.2) is 23.1 Å². The van der Waals surface area contributed by atoms with E-state index in [1.165, 1.54) is 18.6 Å². The standard InChI is InChI=1S/C17H19F3N4/c1-12-5-4-10-24(11-12)15-8-9-21-16(23-15)22-14-7-3-2-6-13(14)17(18,19)20/h2-3,6-9,12H,4-5,10-11H2,1H3,(H,21,22,23).